The lowest BCUT2D eigenvalue weighted by Gasteiger charge is -2.17. The molecule has 3 nitrogen and oxygen atoms in total. The van der Waals surface area contributed by atoms with Gasteiger partial charge in [0, 0.05) is 24.5 Å². The third-order valence-electron chi connectivity index (χ3n) is 2.55. The average molecular weight is 247 g/mol. The van der Waals surface area contributed by atoms with E-state index in [9.17, 15) is 0 Å². The van der Waals surface area contributed by atoms with Gasteiger partial charge in [0.1, 0.15) is 0 Å². The zero-order valence-corrected chi connectivity index (χ0v) is 10.8. The molecule has 0 atom stereocenters. The lowest BCUT2D eigenvalue weighted by Crippen LogP contribution is -2.16. The minimum Gasteiger partial charge on any atom is -0.369 e. The van der Waals surface area contributed by atoms with Crippen LogP contribution in [-0.2, 0) is 13.0 Å². The second kappa shape index (κ2) is 5.80. The summed E-state index contributed by atoms with van der Waals surface area (Å²) in [5.74, 6) is 0. The minimum absolute atomic E-state index is 0.668. The molecule has 0 spiro atoms. The van der Waals surface area contributed by atoms with Gasteiger partial charge in [-0.1, -0.05) is 18.2 Å². The summed E-state index contributed by atoms with van der Waals surface area (Å²) >= 11 is 1.69. The number of nitrogens with zero attached hydrogens (tertiary/aromatic N) is 2. The summed E-state index contributed by atoms with van der Waals surface area (Å²) < 4.78 is 0. The van der Waals surface area contributed by atoms with Gasteiger partial charge >= 0.3 is 0 Å². The SMILES string of the molecule is CN(Cc1csc(CCN)n1)c1ccccc1. The Morgan fingerprint density at radius 2 is 2.06 bits per heavy atom. The van der Waals surface area contributed by atoms with Gasteiger partial charge in [0.15, 0.2) is 0 Å². The molecule has 0 fully saturated rings. The van der Waals surface area contributed by atoms with Gasteiger partial charge in [-0.3, -0.25) is 0 Å². The van der Waals surface area contributed by atoms with Gasteiger partial charge in [-0.15, -0.1) is 11.3 Å². The van der Waals surface area contributed by atoms with Crippen molar-refractivity contribution in [3.8, 4) is 0 Å². The van der Waals surface area contributed by atoms with Crippen LogP contribution in [0.1, 0.15) is 10.7 Å². The van der Waals surface area contributed by atoms with Gasteiger partial charge in [-0.2, -0.15) is 0 Å². The molecule has 90 valence electrons. The molecule has 17 heavy (non-hydrogen) atoms. The molecule has 4 heteroatoms. The van der Waals surface area contributed by atoms with Crippen molar-refractivity contribution in [1.82, 2.24) is 4.98 Å². The van der Waals surface area contributed by atoms with Crippen molar-refractivity contribution in [2.45, 2.75) is 13.0 Å². The Hall–Kier alpha value is -1.39. The summed E-state index contributed by atoms with van der Waals surface area (Å²) in [6.07, 6.45) is 0.875. The Balaban J connectivity index is 2.00. The van der Waals surface area contributed by atoms with Crippen LogP contribution in [0, 0.1) is 0 Å². The number of rotatable bonds is 5. The lowest BCUT2D eigenvalue weighted by molar-refractivity contribution is 0.872. The zero-order chi connectivity index (χ0) is 12.1. The van der Waals surface area contributed by atoms with E-state index in [1.165, 1.54) is 5.69 Å². The number of aromatic nitrogens is 1. The largest absolute Gasteiger partial charge is 0.369 e. The zero-order valence-electron chi connectivity index (χ0n) is 9.97. The Morgan fingerprint density at radius 3 is 2.76 bits per heavy atom. The Labute approximate surface area is 106 Å². The molecule has 2 N–H and O–H groups in total. The average Bonchev–Trinajstić information content (AvgIpc) is 2.78. The molecule has 0 aliphatic rings. The van der Waals surface area contributed by atoms with Crippen molar-refractivity contribution < 1.29 is 0 Å². The van der Waals surface area contributed by atoms with Crippen molar-refractivity contribution in [3.63, 3.8) is 0 Å². The number of anilines is 1. The third-order valence-corrected chi connectivity index (χ3v) is 3.51. The van der Waals surface area contributed by atoms with E-state index < -0.39 is 0 Å². The predicted molar refractivity (Wildman–Crippen MR) is 73.4 cm³/mol. The molecule has 0 radical (unpaired) electrons. The number of benzene rings is 1. The van der Waals surface area contributed by atoms with Crippen LogP contribution in [0.3, 0.4) is 0 Å². The van der Waals surface area contributed by atoms with E-state index in [1.807, 2.05) is 18.2 Å². The van der Waals surface area contributed by atoms with Crippen LogP contribution < -0.4 is 10.6 Å². The van der Waals surface area contributed by atoms with Gasteiger partial charge < -0.3 is 10.6 Å². The van der Waals surface area contributed by atoms with E-state index >= 15 is 0 Å². The van der Waals surface area contributed by atoms with Gasteiger partial charge in [-0.25, -0.2) is 4.98 Å². The third kappa shape index (κ3) is 3.28. The molecule has 0 saturated carbocycles. The summed E-state index contributed by atoms with van der Waals surface area (Å²) in [6, 6.07) is 10.3. The molecule has 1 aromatic heterocycles. The molecule has 1 heterocycles. The highest BCUT2D eigenvalue weighted by Gasteiger charge is 2.05. The quantitative estimate of drug-likeness (QED) is 0.881. The first-order valence-corrected chi connectivity index (χ1v) is 6.57. The molecule has 0 unspecified atom stereocenters. The highest BCUT2D eigenvalue weighted by molar-refractivity contribution is 7.09. The summed E-state index contributed by atoms with van der Waals surface area (Å²) in [5.41, 5.74) is 7.84. The first-order valence-electron chi connectivity index (χ1n) is 5.69. The fourth-order valence-electron chi connectivity index (χ4n) is 1.68. The summed E-state index contributed by atoms with van der Waals surface area (Å²) in [7, 11) is 2.08. The van der Waals surface area contributed by atoms with Crippen LogP contribution in [0.5, 0.6) is 0 Å². The lowest BCUT2D eigenvalue weighted by atomic mass is 10.3. The number of nitrogens with two attached hydrogens (primary N) is 1. The smallest absolute Gasteiger partial charge is 0.0941 e. The molecule has 0 bridgehead atoms. The first kappa shape index (κ1) is 12.1. The van der Waals surface area contributed by atoms with Gasteiger partial charge in [-0.05, 0) is 18.7 Å². The Morgan fingerprint density at radius 1 is 1.29 bits per heavy atom. The predicted octanol–water partition coefficient (Wildman–Crippen LogP) is 2.28. The maximum atomic E-state index is 5.52. The maximum absolute atomic E-state index is 5.52. The molecule has 0 saturated heterocycles. The van der Waals surface area contributed by atoms with Crippen LogP contribution in [0.2, 0.25) is 0 Å². The number of hydrogen-bond donors (Lipinski definition) is 1. The molecule has 2 rings (SSSR count). The van der Waals surface area contributed by atoms with Crippen LogP contribution in [0.15, 0.2) is 35.7 Å². The van der Waals surface area contributed by atoms with Crippen LogP contribution in [0.25, 0.3) is 0 Å². The molecule has 0 aliphatic carbocycles. The maximum Gasteiger partial charge on any atom is 0.0941 e. The number of thiazole rings is 1. The molecular weight excluding hydrogens is 230 g/mol. The van der Waals surface area contributed by atoms with Gasteiger partial charge in [0.25, 0.3) is 0 Å². The Kier molecular flexibility index (Phi) is 4.12. The summed E-state index contributed by atoms with van der Waals surface area (Å²) in [5, 5.41) is 3.24. The topological polar surface area (TPSA) is 42.1 Å². The number of para-hydroxylation sites is 1. The Bertz CT molecular complexity index is 453. The normalized spacial score (nSPS) is 10.5. The van der Waals surface area contributed by atoms with Crippen molar-refractivity contribution >= 4 is 17.0 Å². The van der Waals surface area contributed by atoms with E-state index in [2.05, 4.69) is 34.4 Å². The van der Waals surface area contributed by atoms with Crippen LogP contribution >= 0.6 is 11.3 Å². The molecule has 0 aliphatic heterocycles. The van der Waals surface area contributed by atoms with E-state index in [0.29, 0.717) is 6.54 Å². The van der Waals surface area contributed by atoms with E-state index in [4.69, 9.17) is 5.73 Å². The van der Waals surface area contributed by atoms with Crippen molar-refractivity contribution in [1.29, 1.82) is 0 Å². The van der Waals surface area contributed by atoms with Gasteiger partial charge in [0.05, 0.1) is 17.2 Å². The fraction of sp³-hybridized carbons (Fsp3) is 0.308. The van der Waals surface area contributed by atoms with Crippen LogP contribution in [0.4, 0.5) is 5.69 Å². The highest BCUT2D eigenvalue weighted by Crippen LogP contribution is 2.16. The molecule has 1 aromatic carbocycles. The first-order chi connectivity index (χ1) is 8.29. The van der Waals surface area contributed by atoms with Crippen LogP contribution in [-0.4, -0.2) is 18.6 Å². The molecule has 0 amide bonds. The monoisotopic (exact) mass is 247 g/mol. The van der Waals surface area contributed by atoms with Crippen molar-refractivity contribution in [2.24, 2.45) is 5.73 Å². The molecule has 2 aromatic rings. The van der Waals surface area contributed by atoms with E-state index in [0.717, 1.165) is 23.7 Å². The second-order valence-electron chi connectivity index (χ2n) is 3.96. The van der Waals surface area contributed by atoms with Crippen molar-refractivity contribution in [3.05, 3.63) is 46.4 Å². The van der Waals surface area contributed by atoms with E-state index in [1.54, 1.807) is 11.3 Å². The van der Waals surface area contributed by atoms with Gasteiger partial charge in [0.2, 0.25) is 0 Å². The fourth-order valence-corrected chi connectivity index (χ4v) is 2.48. The summed E-state index contributed by atoms with van der Waals surface area (Å²) in [6.45, 7) is 1.51. The standard InChI is InChI=1S/C13H17N3S/c1-16(12-5-3-2-4-6-12)9-11-10-17-13(15-11)7-8-14/h2-6,10H,7-9,14H2,1H3. The molecular formula is C13H17N3S. The summed E-state index contributed by atoms with van der Waals surface area (Å²) in [4.78, 5) is 6.76. The van der Waals surface area contributed by atoms with Crippen molar-refractivity contribution in [2.75, 3.05) is 18.5 Å². The van der Waals surface area contributed by atoms with E-state index in [-0.39, 0.29) is 0 Å². The second-order valence-corrected chi connectivity index (χ2v) is 4.91. The highest BCUT2D eigenvalue weighted by atomic mass is 32.1. The number of hydrogen-bond acceptors (Lipinski definition) is 4. The minimum atomic E-state index is 0.668.